The summed E-state index contributed by atoms with van der Waals surface area (Å²) in [5.74, 6) is 0. The van der Waals surface area contributed by atoms with Crippen LogP contribution >= 0.6 is 0 Å². The van der Waals surface area contributed by atoms with Crippen LogP contribution in [0.3, 0.4) is 0 Å². The predicted octanol–water partition coefficient (Wildman–Crippen LogP) is 4.25. The lowest BCUT2D eigenvalue weighted by Gasteiger charge is -2.45. The van der Waals surface area contributed by atoms with Gasteiger partial charge in [-0.15, -0.1) is 0 Å². The lowest BCUT2D eigenvalue weighted by molar-refractivity contribution is -0.0287. The van der Waals surface area contributed by atoms with Gasteiger partial charge in [0.05, 0.1) is 18.8 Å². The third kappa shape index (κ3) is 3.80. The van der Waals surface area contributed by atoms with Crippen molar-refractivity contribution in [1.29, 1.82) is 0 Å². The zero-order valence-electron chi connectivity index (χ0n) is 16.6. The summed E-state index contributed by atoms with van der Waals surface area (Å²) in [6.45, 7) is 14.6. The fourth-order valence-corrected chi connectivity index (χ4v) is 5.31. The summed E-state index contributed by atoms with van der Waals surface area (Å²) < 4.78 is 17.4. The van der Waals surface area contributed by atoms with Crippen LogP contribution in [-0.2, 0) is 13.9 Å². The summed E-state index contributed by atoms with van der Waals surface area (Å²) >= 11 is 0. The second kappa shape index (κ2) is 7.20. The molecule has 140 valence electrons. The smallest absolute Gasteiger partial charge is 0.192 e. The molecule has 5 heteroatoms. The standard InChI is InChI=1S/C19H36O4Si/c1-18(2,3)24(6,7)23-17-9-8-15-14(12-22-13-21-5)16(20)10-11-19(15,17)4/h16-17,20H,8-13H2,1-7H3/t16-,17-,19-/m0/s1. The molecule has 0 bridgehead atoms. The summed E-state index contributed by atoms with van der Waals surface area (Å²) in [7, 11) is -0.177. The number of methoxy groups -OCH3 is 1. The normalized spacial score (nSPS) is 31.5. The Kier molecular flexibility index (Phi) is 6.03. The van der Waals surface area contributed by atoms with E-state index < -0.39 is 8.32 Å². The van der Waals surface area contributed by atoms with Gasteiger partial charge >= 0.3 is 0 Å². The van der Waals surface area contributed by atoms with E-state index in [4.69, 9.17) is 13.9 Å². The molecule has 0 aromatic carbocycles. The topological polar surface area (TPSA) is 47.9 Å². The predicted molar refractivity (Wildman–Crippen MR) is 99.5 cm³/mol. The number of hydrogen-bond donors (Lipinski definition) is 1. The molecule has 0 aromatic heterocycles. The number of ether oxygens (including phenoxy) is 2. The molecule has 0 amide bonds. The molecule has 0 saturated heterocycles. The Bertz CT molecular complexity index is 480. The number of rotatable bonds is 6. The summed E-state index contributed by atoms with van der Waals surface area (Å²) in [4.78, 5) is 0. The molecule has 0 aromatic rings. The molecule has 1 N–H and O–H groups in total. The first-order chi connectivity index (χ1) is 11.0. The van der Waals surface area contributed by atoms with E-state index >= 15 is 0 Å². The van der Waals surface area contributed by atoms with E-state index in [1.54, 1.807) is 7.11 Å². The Hall–Kier alpha value is -0.203. The molecule has 4 nitrogen and oxygen atoms in total. The van der Waals surface area contributed by atoms with Crippen molar-refractivity contribution in [3.8, 4) is 0 Å². The third-order valence-electron chi connectivity index (χ3n) is 6.49. The van der Waals surface area contributed by atoms with E-state index in [9.17, 15) is 5.11 Å². The molecule has 2 rings (SSSR count). The van der Waals surface area contributed by atoms with E-state index in [1.807, 2.05) is 0 Å². The molecule has 2 aliphatic carbocycles. The van der Waals surface area contributed by atoms with Crippen molar-refractivity contribution in [2.75, 3.05) is 20.5 Å². The summed E-state index contributed by atoms with van der Waals surface area (Å²) in [6, 6.07) is 0. The van der Waals surface area contributed by atoms with E-state index in [0.717, 1.165) is 31.3 Å². The number of aliphatic hydroxyl groups is 1. The Labute approximate surface area is 148 Å². The molecule has 0 radical (unpaired) electrons. The molecular formula is C19H36O4Si. The minimum absolute atomic E-state index is 0.0422. The number of fused-ring (bicyclic) bond motifs is 1. The van der Waals surface area contributed by atoms with Crippen LogP contribution in [0.15, 0.2) is 11.1 Å². The van der Waals surface area contributed by atoms with Crippen molar-refractivity contribution < 1.29 is 19.0 Å². The van der Waals surface area contributed by atoms with Crippen molar-refractivity contribution in [2.24, 2.45) is 5.41 Å². The molecular weight excluding hydrogens is 320 g/mol. The van der Waals surface area contributed by atoms with Gasteiger partial charge < -0.3 is 19.0 Å². The lowest BCUT2D eigenvalue weighted by atomic mass is 9.71. The highest BCUT2D eigenvalue weighted by atomic mass is 28.4. The molecule has 0 heterocycles. The van der Waals surface area contributed by atoms with Gasteiger partial charge in [-0.25, -0.2) is 0 Å². The maximum absolute atomic E-state index is 10.5. The summed E-state index contributed by atoms with van der Waals surface area (Å²) in [6.07, 6.45) is 3.74. The summed E-state index contributed by atoms with van der Waals surface area (Å²) in [5.41, 5.74) is 2.49. The van der Waals surface area contributed by atoms with Crippen LogP contribution < -0.4 is 0 Å². The average molecular weight is 357 g/mol. The second-order valence-electron chi connectivity index (χ2n) is 9.14. The van der Waals surface area contributed by atoms with E-state index in [2.05, 4.69) is 40.8 Å². The van der Waals surface area contributed by atoms with Crippen molar-refractivity contribution in [3.05, 3.63) is 11.1 Å². The Morgan fingerprint density at radius 2 is 1.92 bits per heavy atom. The zero-order chi connectivity index (χ0) is 18.2. The van der Waals surface area contributed by atoms with Gasteiger partial charge in [0.15, 0.2) is 8.32 Å². The molecule has 0 spiro atoms. The molecule has 1 saturated carbocycles. The van der Waals surface area contributed by atoms with Crippen LogP contribution in [0.1, 0.15) is 53.4 Å². The molecule has 3 atom stereocenters. The Morgan fingerprint density at radius 1 is 1.25 bits per heavy atom. The maximum atomic E-state index is 10.5. The van der Waals surface area contributed by atoms with E-state index in [0.29, 0.717) is 6.61 Å². The van der Waals surface area contributed by atoms with E-state index in [1.165, 1.54) is 5.57 Å². The fraction of sp³-hybridized carbons (Fsp3) is 0.895. The zero-order valence-corrected chi connectivity index (χ0v) is 17.6. The fourth-order valence-electron chi connectivity index (χ4n) is 3.86. The minimum atomic E-state index is -1.80. The molecule has 0 unspecified atom stereocenters. The quantitative estimate of drug-likeness (QED) is 0.334. The van der Waals surface area contributed by atoms with Crippen molar-refractivity contribution in [1.82, 2.24) is 0 Å². The van der Waals surface area contributed by atoms with Crippen molar-refractivity contribution in [2.45, 2.75) is 83.7 Å². The first-order valence-corrected chi connectivity index (χ1v) is 12.1. The monoisotopic (exact) mass is 356 g/mol. The van der Waals surface area contributed by atoms with Crippen LogP contribution in [0.2, 0.25) is 18.1 Å². The maximum Gasteiger partial charge on any atom is 0.192 e. The van der Waals surface area contributed by atoms with Gasteiger partial charge in [0.25, 0.3) is 0 Å². The van der Waals surface area contributed by atoms with Crippen LogP contribution in [0.5, 0.6) is 0 Å². The van der Waals surface area contributed by atoms with Gasteiger partial charge in [0.1, 0.15) is 6.79 Å². The Morgan fingerprint density at radius 3 is 2.50 bits per heavy atom. The molecule has 2 aliphatic rings. The largest absolute Gasteiger partial charge is 0.413 e. The van der Waals surface area contributed by atoms with E-state index in [-0.39, 0.29) is 29.5 Å². The van der Waals surface area contributed by atoms with Gasteiger partial charge in [0, 0.05) is 12.5 Å². The van der Waals surface area contributed by atoms with Gasteiger partial charge in [-0.1, -0.05) is 33.3 Å². The van der Waals surface area contributed by atoms with Gasteiger partial charge in [-0.3, -0.25) is 0 Å². The van der Waals surface area contributed by atoms with Crippen LogP contribution in [-0.4, -0.2) is 46.1 Å². The van der Waals surface area contributed by atoms with Gasteiger partial charge in [-0.2, -0.15) is 0 Å². The summed E-state index contributed by atoms with van der Waals surface area (Å²) in [5, 5.41) is 10.7. The first kappa shape index (κ1) is 20.1. The number of hydrogen-bond acceptors (Lipinski definition) is 4. The molecule has 24 heavy (non-hydrogen) atoms. The first-order valence-electron chi connectivity index (χ1n) is 9.18. The van der Waals surface area contributed by atoms with Gasteiger partial charge in [0.2, 0.25) is 0 Å². The molecule has 1 fully saturated rings. The Balaban J connectivity index is 2.23. The highest BCUT2D eigenvalue weighted by Crippen LogP contribution is 2.54. The van der Waals surface area contributed by atoms with Crippen LogP contribution in [0.25, 0.3) is 0 Å². The molecule has 0 aliphatic heterocycles. The third-order valence-corrected chi connectivity index (χ3v) is 11.0. The SMILES string of the molecule is COCOCC1=C2CC[C@H](O[Si](C)(C)C(C)(C)C)[C@@]2(C)CC[C@@H]1O. The number of aliphatic hydroxyl groups excluding tert-OH is 1. The lowest BCUT2D eigenvalue weighted by Crippen LogP contribution is -2.48. The van der Waals surface area contributed by atoms with Gasteiger partial charge in [-0.05, 0) is 49.4 Å². The average Bonchev–Trinajstić information content (AvgIpc) is 2.78. The van der Waals surface area contributed by atoms with Crippen LogP contribution in [0, 0.1) is 5.41 Å². The van der Waals surface area contributed by atoms with Crippen molar-refractivity contribution in [3.63, 3.8) is 0 Å². The second-order valence-corrected chi connectivity index (χ2v) is 13.9. The van der Waals surface area contributed by atoms with Crippen LogP contribution in [0.4, 0.5) is 0 Å². The highest BCUT2D eigenvalue weighted by molar-refractivity contribution is 6.74. The highest BCUT2D eigenvalue weighted by Gasteiger charge is 2.51. The van der Waals surface area contributed by atoms with Crippen molar-refractivity contribution >= 4 is 8.32 Å². The minimum Gasteiger partial charge on any atom is -0.413 e.